The Labute approximate surface area is 178 Å². The van der Waals surface area contributed by atoms with E-state index in [0.717, 1.165) is 24.1 Å². The van der Waals surface area contributed by atoms with Gasteiger partial charge in [0.15, 0.2) is 0 Å². The van der Waals surface area contributed by atoms with Gasteiger partial charge in [-0.1, -0.05) is 31.7 Å². The number of hydrogen-bond donors (Lipinski definition) is 0. The Hall–Kier alpha value is -3.16. The van der Waals surface area contributed by atoms with E-state index < -0.39 is 23.9 Å². The van der Waals surface area contributed by atoms with Gasteiger partial charge in [0, 0.05) is 23.3 Å². The molecule has 1 atom stereocenters. The zero-order valence-corrected chi connectivity index (χ0v) is 18.6. The minimum absolute atomic E-state index is 0.410. The largest absolute Gasteiger partial charge is 0.466 e. The number of ether oxygens (including phenoxy) is 4. The highest BCUT2D eigenvalue weighted by molar-refractivity contribution is 6.00. The van der Waals surface area contributed by atoms with Gasteiger partial charge in [-0.25, -0.2) is 19.2 Å². The van der Waals surface area contributed by atoms with Crippen molar-refractivity contribution in [3.05, 3.63) is 48.1 Å². The highest BCUT2D eigenvalue weighted by atomic mass is 16.5. The van der Waals surface area contributed by atoms with Gasteiger partial charge in [0.1, 0.15) is 0 Å². The van der Waals surface area contributed by atoms with Crippen LogP contribution in [0.1, 0.15) is 33.1 Å². The Kier molecular flexibility index (Phi) is 16.2. The molecule has 8 heteroatoms. The van der Waals surface area contributed by atoms with Crippen molar-refractivity contribution in [3.8, 4) is 0 Å². The summed E-state index contributed by atoms with van der Waals surface area (Å²) >= 11 is 0. The van der Waals surface area contributed by atoms with E-state index in [0.29, 0.717) is 29.9 Å². The maximum atomic E-state index is 11.5. The summed E-state index contributed by atoms with van der Waals surface area (Å²) in [5.41, 5.74) is 1.97. The van der Waals surface area contributed by atoms with Gasteiger partial charge in [-0.05, 0) is 32.1 Å². The summed E-state index contributed by atoms with van der Waals surface area (Å²) in [5, 5.41) is 0. The second-order valence-corrected chi connectivity index (χ2v) is 6.22. The predicted molar refractivity (Wildman–Crippen MR) is 112 cm³/mol. The summed E-state index contributed by atoms with van der Waals surface area (Å²) < 4.78 is 17.7. The summed E-state index contributed by atoms with van der Waals surface area (Å²) in [5.74, 6) is -1.58. The second-order valence-electron chi connectivity index (χ2n) is 6.22. The molecule has 1 rings (SSSR count). The van der Waals surface area contributed by atoms with Crippen LogP contribution in [0.5, 0.6) is 0 Å². The molecule has 0 heterocycles. The van der Waals surface area contributed by atoms with E-state index >= 15 is 0 Å². The number of hydrogen-bond acceptors (Lipinski definition) is 8. The molecule has 0 saturated heterocycles. The Balaban J connectivity index is 0. The van der Waals surface area contributed by atoms with E-state index in [2.05, 4.69) is 39.0 Å². The van der Waals surface area contributed by atoms with Crippen LogP contribution in [-0.4, -0.2) is 52.3 Å². The first-order valence-electron chi connectivity index (χ1n) is 9.08. The SMILES string of the molecule is C=CC(=C)C.COC(=O)/C=C\C(=O)OC.COC(=O)C1=C(C(=O)OC)CC(C)CC1. The molecule has 0 aliphatic heterocycles. The molecule has 1 aliphatic carbocycles. The van der Waals surface area contributed by atoms with Gasteiger partial charge in [-0.2, -0.15) is 0 Å². The molecule has 0 fully saturated rings. The number of rotatable bonds is 5. The quantitative estimate of drug-likeness (QED) is 0.287. The Morgan fingerprint density at radius 1 is 0.867 bits per heavy atom. The van der Waals surface area contributed by atoms with Crippen molar-refractivity contribution in [1.82, 2.24) is 0 Å². The minimum Gasteiger partial charge on any atom is -0.466 e. The lowest BCUT2D eigenvalue weighted by molar-refractivity contribution is -0.140. The van der Waals surface area contributed by atoms with Crippen LogP contribution in [-0.2, 0) is 38.1 Å². The highest BCUT2D eigenvalue weighted by Gasteiger charge is 2.27. The third-order valence-corrected chi connectivity index (χ3v) is 3.77. The third kappa shape index (κ3) is 13.1. The zero-order valence-electron chi connectivity index (χ0n) is 18.6. The monoisotopic (exact) mass is 424 g/mol. The molecule has 0 saturated carbocycles. The fraction of sp³-hybridized carbons (Fsp3) is 0.455. The molecule has 0 radical (unpaired) electrons. The smallest absolute Gasteiger partial charge is 0.334 e. The summed E-state index contributed by atoms with van der Waals surface area (Å²) in [6.45, 7) is 11.0. The average molecular weight is 424 g/mol. The summed E-state index contributed by atoms with van der Waals surface area (Å²) in [4.78, 5) is 43.5. The van der Waals surface area contributed by atoms with Crippen molar-refractivity contribution >= 4 is 23.9 Å². The molecular formula is C22H32O8. The first-order valence-corrected chi connectivity index (χ1v) is 9.08. The van der Waals surface area contributed by atoms with Gasteiger partial charge >= 0.3 is 23.9 Å². The fourth-order valence-corrected chi connectivity index (χ4v) is 2.07. The van der Waals surface area contributed by atoms with Gasteiger partial charge in [0.2, 0.25) is 0 Å². The van der Waals surface area contributed by atoms with E-state index in [4.69, 9.17) is 0 Å². The molecule has 1 aliphatic rings. The molecule has 8 nitrogen and oxygen atoms in total. The summed E-state index contributed by atoms with van der Waals surface area (Å²) in [7, 11) is 5.10. The normalized spacial score (nSPS) is 14.8. The molecule has 0 aromatic rings. The Bertz CT molecular complexity index is 667. The van der Waals surface area contributed by atoms with Gasteiger partial charge in [0.25, 0.3) is 0 Å². The minimum atomic E-state index is -0.578. The molecule has 0 bridgehead atoms. The lowest BCUT2D eigenvalue weighted by Gasteiger charge is -2.21. The highest BCUT2D eigenvalue weighted by Crippen LogP contribution is 2.30. The summed E-state index contributed by atoms with van der Waals surface area (Å²) in [6, 6.07) is 0. The van der Waals surface area contributed by atoms with Crippen LogP contribution < -0.4 is 0 Å². The fourth-order valence-electron chi connectivity index (χ4n) is 2.07. The number of methoxy groups -OCH3 is 4. The maximum Gasteiger partial charge on any atom is 0.334 e. The molecule has 0 spiro atoms. The Morgan fingerprint density at radius 2 is 1.27 bits per heavy atom. The van der Waals surface area contributed by atoms with Gasteiger partial charge in [-0.3, -0.25) is 0 Å². The van der Waals surface area contributed by atoms with Crippen molar-refractivity contribution in [1.29, 1.82) is 0 Å². The van der Waals surface area contributed by atoms with Gasteiger partial charge < -0.3 is 18.9 Å². The van der Waals surface area contributed by atoms with Crippen molar-refractivity contribution < 1.29 is 38.1 Å². The third-order valence-electron chi connectivity index (χ3n) is 3.77. The molecule has 30 heavy (non-hydrogen) atoms. The average Bonchev–Trinajstić information content (AvgIpc) is 2.76. The second kappa shape index (κ2) is 16.8. The van der Waals surface area contributed by atoms with E-state index in [1.165, 1.54) is 28.4 Å². The first kappa shape index (κ1) is 29.0. The van der Waals surface area contributed by atoms with Crippen LogP contribution in [0, 0.1) is 5.92 Å². The number of esters is 4. The van der Waals surface area contributed by atoms with E-state index in [1.807, 2.05) is 6.92 Å². The standard InChI is InChI=1S/C11H16O4.C6H8O4.C5H8/c1-7-4-5-8(10(12)14-2)9(6-7)11(13)15-3;1-9-5(7)3-4-6(8)10-2;1-4-5(2)3/h7H,4-6H2,1-3H3;3-4H,1-2H3;4H,1-2H2,3H3/b;4-3-;. The van der Waals surface area contributed by atoms with Crippen molar-refractivity contribution in [2.24, 2.45) is 5.92 Å². The van der Waals surface area contributed by atoms with Crippen LogP contribution in [0.2, 0.25) is 0 Å². The first-order chi connectivity index (χ1) is 14.1. The zero-order chi connectivity index (χ0) is 23.7. The molecule has 1 unspecified atom stereocenters. The topological polar surface area (TPSA) is 105 Å². The molecular weight excluding hydrogens is 392 g/mol. The van der Waals surface area contributed by atoms with Crippen LogP contribution in [0.15, 0.2) is 48.1 Å². The Morgan fingerprint density at radius 3 is 1.60 bits per heavy atom. The number of allylic oxidation sites excluding steroid dienone is 2. The number of carbonyl (C=O) groups is 4. The molecule has 0 amide bonds. The summed E-state index contributed by atoms with van der Waals surface area (Å²) in [6.07, 6.45) is 5.80. The van der Waals surface area contributed by atoms with E-state index in [1.54, 1.807) is 6.08 Å². The van der Waals surface area contributed by atoms with Crippen LogP contribution in [0.25, 0.3) is 0 Å². The van der Waals surface area contributed by atoms with Crippen molar-refractivity contribution in [2.75, 3.05) is 28.4 Å². The van der Waals surface area contributed by atoms with E-state index in [9.17, 15) is 19.2 Å². The molecule has 0 aromatic carbocycles. The molecule has 168 valence electrons. The van der Waals surface area contributed by atoms with Gasteiger partial charge in [-0.15, -0.1) is 0 Å². The molecule has 0 N–H and O–H groups in total. The van der Waals surface area contributed by atoms with Crippen LogP contribution >= 0.6 is 0 Å². The number of carbonyl (C=O) groups excluding carboxylic acids is 4. The van der Waals surface area contributed by atoms with E-state index in [-0.39, 0.29) is 0 Å². The van der Waals surface area contributed by atoms with Crippen molar-refractivity contribution in [3.63, 3.8) is 0 Å². The lowest BCUT2D eigenvalue weighted by atomic mass is 9.85. The maximum absolute atomic E-state index is 11.5. The van der Waals surface area contributed by atoms with Crippen LogP contribution in [0.4, 0.5) is 0 Å². The van der Waals surface area contributed by atoms with Crippen molar-refractivity contribution in [2.45, 2.75) is 33.1 Å². The van der Waals surface area contributed by atoms with Gasteiger partial charge in [0.05, 0.1) is 28.4 Å². The van der Waals surface area contributed by atoms with Crippen LogP contribution in [0.3, 0.4) is 0 Å². The molecule has 0 aromatic heterocycles. The predicted octanol–water partition coefficient (Wildman–Crippen LogP) is 3.09. The lowest BCUT2D eigenvalue weighted by Crippen LogP contribution is -2.20.